The van der Waals surface area contributed by atoms with Gasteiger partial charge in [0.25, 0.3) is 0 Å². The first-order valence-electron chi connectivity index (χ1n) is 7.84. The molecule has 1 aromatic rings. The highest BCUT2D eigenvalue weighted by Gasteiger charge is 2.52. The molecule has 1 aromatic heterocycles. The zero-order valence-corrected chi connectivity index (χ0v) is 11.8. The van der Waals surface area contributed by atoms with Gasteiger partial charge >= 0.3 is 0 Å². The van der Waals surface area contributed by atoms with E-state index in [-0.39, 0.29) is 6.61 Å². The Morgan fingerprint density at radius 2 is 1.79 bits per heavy atom. The average Bonchev–Trinajstić information content (AvgIpc) is 2.70. The van der Waals surface area contributed by atoms with Crippen molar-refractivity contribution in [1.29, 1.82) is 0 Å². The van der Waals surface area contributed by atoms with Crippen LogP contribution in [0, 0.1) is 24.7 Å². The molecule has 4 bridgehead atoms. The summed E-state index contributed by atoms with van der Waals surface area (Å²) >= 11 is 0. The van der Waals surface area contributed by atoms with E-state index in [4.69, 9.17) is 10.1 Å². The van der Waals surface area contributed by atoms with E-state index in [0.717, 1.165) is 23.6 Å². The van der Waals surface area contributed by atoms with Crippen LogP contribution in [0.5, 0.6) is 0 Å². The first-order valence-corrected chi connectivity index (χ1v) is 7.84. The van der Waals surface area contributed by atoms with Gasteiger partial charge in [0, 0.05) is 18.2 Å². The Hall–Kier alpha value is -0.830. The third kappa shape index (κ3) is 1.78. The predicted octanol–water partition coefficient (Wildman–Crippen LogP) is 2.65. The number of rotatable bonds is 3. The minimum absolute atomic E-state index is 0.206. The van der Waals surface area contributed by atoms with E-state index < -0.39 is 0 Å². The largest absolute Gasteiger partial charge is 0.395 e. The van der Waals surface area contributed by atoms with Gasteiger partial charge in [-0.05, 0) is 63.2 Å². The summed E-state index contributed by atoms with van der Waals surface area (Å²) in [6, 6.07) is 0. The van der Waals surface area contributed by atoms with E-state index in [0.29, 0.717) is 12.0 Å². The van der Waals surface area contributed by atoms with Crippen molar-refractivity contribution >= 4 is 0 Å². The molecule has 4 saturated carbocycles. The number of aryl methyl sites for hydroxylation is 1. The van der Waals surface area contributed by atoms with Crippen LogP contribution in [-0.4, -0.2) is 21.3 Å². The Bertz CT molecular complexity index is 456. The normalized spacial score (nSPS) is 40.0. The molecule has 0 unspecified atom stereocenters. The minimum Gasteiger partial charge on any atom is -0.395 e. The monoisotopic (exact) mass is 260 g/mol. The molecule has 0 amide bonds. The fraction of sp³-hybridized carbons (Fsp3) is 0.812. The molecule has 0 saturated heterocycles. The van der Waals surface area contributed by atoms with Gasteiger partial charge in [0.1, 0.15) is 5.82 Å². The molecule has 5 rings (SSSR count). The first-order chi connectivity index (χ1) is 9.18. The van der Waals surface area contributed by atoms with Crippen LogP contribution in [0.15, 0.2) is 6.20 Å². The second kappa shape index (κ2) is 4.08. The van der Waals surface area contributed by atoms with Crippen molar-refractivity contribution in [3.05, 3.63) is 17.7 Å². The van der Waals surface area contributed by atoms with E-state index in [9.17, 15) is 0 Å². The molecule has 4 aliphatic carbocycles. The van der Waals surface area contributed by atoms with Crippen LogP contribution in [-0.2, 0) is 12.0 Å². The van der Waals surface area contributed by atoms with Crippen LogP contribution < -0.4 is 0 Å². The summed E-state index contributed by atoms with van der Waals surface area (Å²) in [6.07, 6.45) is 10.8. The molecular weight excluding hydrogens is 236 g/mol. The predicted molar refractivity (Wildman–Crippen MR) is 73.9 cm³/mol. The summed E-state index contributed by atoms with van der Waals surface area (Å²) in [5.41, 5.74) is 1.72. The van der Waals surface area contributed by atoms with Gasteiger partial charge in [-0.3, -0.25) is 0 Å². The molecule has 4 aliphatic rings. The van der Waals surface area contributed by atoms with Crippen molar-refractivity contribution < 1.29 is 5.11 Å². The standard InChI is InChI=1S/C16H24N2O/c1-11-17-15(10-18(11)2-3-19)16-7-12-4-13(8-16)6-14(5-12)9-16/h10,12-14,19H,2-9H2,1H3. The Morgan fingerprint density at radius 1 is 1.21 bits per heavy atom. The Kier molecular flexibility index (Phi) is 2.57. The van der Waals surface area contributed by atoms with Gasteiger partial charge < -0.3 is 9.67 Å². The van der Waals surface area contributed by atoms with Gasteiger partial charge in [0.05, 0.1) is 12.3 Å². The molecule has 1 heterocycles. The van der Waals surface area contributed by atoms with Crippen molar-refractivity contribution in [1.82, 2.24) is 9.55 Å². The molecule has 3 nitrogen and oxygen atoms in total. The minimum atomic E-state index is 0.206. The lowest BCUT2D eigenvalue weighted by atomic mass is 9.49. The van der Waals surface area contributed by atoms with Crippen LogP contribution in [0.3, 0.4) is 0 Å². The zero-order valence-electron chi connectivity index (χ0n) is 11.8. The van der Waals surface area contributed by atoms with Crippen LogP contribution >= 0.6 is 0 Å². The van der Waals surface area contributed by atoms with Crippen molar-refractivity contribution in [2.45, 2.75) is 57.4 Å². The summed E-state index contributed by atoms with van der Waals surface area (Å²) in [5.74, 6) is 3.97. The highest BCUT2D eigenvalue weighted by Crippen LogP contribution is 2.60. The van der Waals surface area contributed by atoms with Gasteiger partial charge in [-0.1, -0.05) is 0 Å². The number of imidazole rings is 1. The van der Waals surface area contributed by atoms with Crippen molar-refractivity contribution in [2.24, 2.45) is 17.8 Å². The van der Waals surface area contributed by atoms with Crippen LogP contribution in [0.4, 0.5) is 0 Å². The van der Waals surface area contributed by atoms with Gasteiger partial charge in [-0.2, -0.15) is 0 Å². The molecule has 4 fully saturated rings. The summed E-state index contributed by atoms with van der Waals surface area (Å²) in [6.45, 7) is 2.96. The summed E-state index contributed by atoms with van der Waals surface area (Å²) in [4.78, 5) is 4.87. The number of aromatic nitrogens is 2. The van der Waals surface area contributed by atoms with Crippen molar-refractivity contribution in [3.8, 4) is 0 Å². The fourth-order valence-corrected chi connectivity index (χ4v) is 5.52. The fourth-order valence-electron chi connectivity index (χ4n) is 5.52. The number of aliphatic hydroxyl groups excluding tert-OH is 1. The summed E-state index contributed by atoms with van der Waals surface area (Å²) < 4.78 is 2.13. The van der Waals surface area contributed by atoms with E-state index in [1.807, 2.05) is 0 Å². The zero-order chi connectivity index (χ0) is 13.0. The number of aliphatic hydroxyl groups is 1. The van der Waals surface area contributed by atoms with Crippen LogP contribution in [0.25, 0.3) is 0 Å². The lowest BCUT2D eigenvalue weighted by Crippen LogP contribution is -2.48. The van der Waals surface area contributed by atoms with Crippen LogP contribution in [0.2, 0.25) is 0 Å². The number of hydrogen-bond acceptors (Lipinski definition) is 2. The Balaban J connectivity index is 1.69. The van der Waals surface area contributed by atoms with Crippen molar-refractivity contribution in [3.63, 3.8) is 0 Å². The number of hydrogen-bond donors (Lipinski definition) is 1. The summed E-state index contributed by atoms with van der Waals surface area (Å²) in [7, 11) is 0. The van der Waals surface area contributed by atoms with Gasteiger partial charge in [-0.25, -0.2) is 4.98 Å². The van der Waals surface area contributed by atoms with E-state index >= 15 is 0 Å². The van der Waals surface area contributed by atoms with Crippen LogP contribution in [0.1, 0.15) is 50.0 Å². The maximum absolute atomic E-state index is 9.14. The van der Waals surface area contributed by atoms with E-state index in [1.165, 1.54) is 44.2 Å². The van der Waals surface area contributed by atoms with E-state index in [1.54, 1.807) is 0 Å². The molecular formula is C16H24N2O. The second-order valence-electron chi connectivity index (χ2n) is 7.29. The van der Waals surface area contributed by atoms with Gasteiger partial charge in [0.15, 0.2) is 0 Å². The number of nitrogens with zero attached hydrogens (tertiary/aromatic N) is 2. The molecule has 1 N–H and O–H groups in total. The highest BCUT2D eigenvalue weighted by atomic mass is 16.3. The maximum Gasteiger partial charge on any atom is 0.105 e. The van der Waals surface area contributed by atoms with Crippen molar-refractivity contribution in [2.75, 3.05) is 6.61 Å². The topological polar surface area (TPSA) is 38.0 Å². The second-order valence-corrected chi connectivity index (χ2v) is 7.29. The lowest BCUT2D eigenvalue weighted by molar-refractivity contribution is -0.00710. The molecule has 0 atom stereocenters. The third-order valence-electron chi connectivity index (χ3n) is 5.90. The lowest BCUT2D eigenvalue weighted by Gasteiger charge is -2.56. The van der Waals surface area contributed by atoms with Gasteiger partial charge in [0.2, 0.25) is 0 Å². The Morgan fingerprint density at radius 3 is 2.32 bits per heavy atom. The maximum atomic E-state index is 9.14. The highest BCUT2D eigenvalue weighted by molar-refractivity contribution is 5.22. The van der Waals surface area contributed by atoms with Gasteiger partial charge in [-0.15, -0.1) is 0 Å². The van der Waals surface area contributed by atoms with E-state index in [2.05, 4.69) is 17.7 Å². The molecule has 0 spiro atoms. The molecule has 0 aliphatic heterocycles. The summed E-state index contributed by atoms with van der Waals surface area (Å²) in [5, 5.41) is 9.14. The molecule has 3 heteroatoms. The molecule has 0 aromatic carbocycles. The molecule has 0 radical (unpaired) electrons. The molecule has 19 heavy (non-hydrogen) atoms. The Labute approximate surface area is 115 Å². The third-order valence-corrected chi connectivity index (χ3v) is 5.90. The SMILES string of the molecule is Cc1nc(C23CC4CC(CC(C4)C2)C3)cn1CCO. The average molecular weight is 260 g/mol. The smallest absolute Gasteiger partial charge is 0.105 e. The molecule has 104 valence electrons. The first kappa shape index (κ1) is 12.0. The quantitative estimate of drug-likeness (QED) is 0.907.